The Bertz CT molecular complexity index is 5430. The number of alkyl halides is 3. The second-order valence-electron chi connectivity index (χ2n) is 27.8. The Labute approximate surface area is 678 Å². The molecule has 0 radical (unpaired) electrons. The van der Waals surface area contributed by atoms with Crippen LogP contribution in [0.15, 0.2) is 232 Å². The Morgan fingerprint density at radius 2 is 0.911 bits per heavy atom. The zero-order valence-electron chi connectivity index (χ0n) is 62.2. The van der Waals surface area contributed by atoms with Crippen molar-refractivity contribution in [1.29, 1.82) is 15.8 Å². The van der Waals surface area contributed by atoms with Gasteiger partial charge in [-0.25, -0.2) is 33.4 Å². The minimum Gasteiger partial charge on any atom is -0.369 e. The van der Waals surface area contributed by atoms with Gasteiger partial charge in [0.25, 0.3) is 5.92 Å². The first-order valence-corrected chi connectivity index (χ1v) is 38.5. The van der Waals surface area contributed by atoms with Crippen LogP contribution >= 0.6 is 68.5 Å². The lowest BCUT2D eigenvalue weighted by molar-refractivity contribution is -0.131. The fraction of sp³-hybridized carbons (Fsp3) is 0.214. The maximum Gasteiger partial charge on any atom is 0.270 e. The van der Waals surface area contributed by atoms with Gasteiger partial charge in [0.05, 0.1) is 64.5 Å². The van der Waals surface area contributed by atoms with Crippen LogP contribution in [-0.2, 0) is 47.3 Å². The predicted octanol–water partition coefficient (Wildman–Crippen LogP) is 15.2. The second kappa shape index (κ2) is 32.7. The van der Waals surface area contributed by atoms with E-state index >= 15 is 0 Å². The molecule has 4 amide bonds. The van der Waals surface area contributed by atoms with E-state index in [0.29, 0.717) is 32.3 Å². The van der Waals surface area contributed by atoms with Crippen LogP contribution in [0, 0.1) is 34.0 Å². The number of aromatic nitrogens is 2. The summed E-state index contributed by atoms with van der Waals surface area (Å²) in [6.07, 6.45) is 5.21. The Balaban J connectivity index is 0.000000148. The molecule has 0 saturated heterocycles. The lowest BCUT2D eigenvalue weighted by Crippen LogP contribution is -2.54. The number of guanidine groups is 4. The minimum atomic E-state index is -2.95. The number of carbonyl (C=O) groups is 4. The highest BCUT2D eigenvalue weighted by atomic mass is 127. The summed E-state index contributed by atoms with van der Waals surface area (Å²) in [5.74, 6) is -4.71. The summed E-state index contributed by atoms with van der Waals surface area (Å²) in [7, 11) is 6.43. The van der Waals surface area contributed by atoms with Crippen molar-refractivity contribution in [2.24, 2.45) is 42.9 Å². The number of amides is 4. The number of thiophene rings is 2. The summed E-state index contributed by atoms with van der Waals surface area (Å²) < 4.78 is 28.5. The Morgan fingerprint density at radius 1 is 0.500 bits per heavy atom. The van der Waals surface area contributed by atoms with Crippen LogP contribution in [0.3, 0.4) is 0 Å². The molecule has 28 heteroatoms. The molecule has 4 aliphatic heterocycles. The third kappa shape index (κ3) is 16.2. The van der Waals surface area contributed by atoms with Crippen molar-refractivity contribution >= 4 is 122 Å². The summed E-state index contributed by atoms with van der Waals surface area (Å²) in [6, 6.07) is 60.5. The van der Waals surface area contributed by atoms with E-state index in [1.807, 2.05) is 148 Å². The van der Waals surface area contributed by atoms with Gasteiger partial charge in [0.2, 0.25) is 23.6 Å². The third-order valence-corrected chi connectivity index (χ3v) is 24.8. The van der Waals surface area contributed by atoms with Gasteiger partial charge in [-0.15, -0.1) is 22.7 Å². The number of aliphatic imine (C=N–C) groups is 4. The first-order chi connectivity index (χ1) is 53.1. The molecule has 7 aromatic carbocycles. The second-order valence-corrected chi connectivity index (χ2v) is 31.7. The molecule has 112 heavy (non-hydrogen) atoms. The summed E-state index contributed by atoms with van der Waals surface area (Å²) in [6.45, 7) is 12.2. The Kier molecular flexibility index (Phi) is 23.7. The summed E-state index contributed by atoms with van der Waals surface area (Å²) in [5.41, 5.74) is 31.5. The van der Waals surface area contributed by atoms with Crippen molar-refractivity contribution in [2.75, 3.05) is 28.2 Å². The SMILES string of the molecule is C=Cc1cccc([C@@]2(C)N=C(N)N(C)C(=O)[C@@H]2c2ccc(C(C)(F)F)cc2)c1.CN1C(=O)C(I)[C@@](C)(c2cnn(-c3cccc(C#N)c3)c2)N=C1N.CN1C(=O)[C@@H](c2cccc(Cl)c2)[C@@](C)(c2cc(-c3cccc(C#N)c3)cs2)N=C1N.CN1C(=O)[C@H](c2cccc(Cl)c2)[C@@](C)(c2cc(-c3cccc(C#N)c3)cs2)N=C1N. The van der Waals surface area contributed by atoms with Crippen LogP contribution in [0.4, 0.5) is 8.78 Å². The van der Waals surface area contributed by atoms with Crippen molar-refractivity contribution in [3.63, 3.8) is 0 Å². The van der Waals surface area contributed by atoms with Crippen molar-refractivity contribution in [3.8, 4) is 46.1 Å². The minimum absolute atomic E-state index is 0.0928. The molecule has 0 saturated carbocycles. The molecule has 0 bridgehead atoms. The summed E-state index contributed by atoms with van der Waals surface area (Å²) in [5, 5.41) is 36.9. The fourth-order valence-electron chi connectivity index (χ4n) is 13.7. The van der Waals surface area contributed by atoms with E-state index in [1.54, 1.807) is 112 Å². The average molecular weight is 1690 g/mol. The van der Waals surface area contributed by atoms with Crippen LogP contribution in [0.1, 0.15) is 118 Å². The molecule has 0 fully saturated rings. The normalized spacial score (nSPS) is 22.2. The van der Waals surface area contributed by atoms with E-state index in [-0.39, 0.29) is 53.0 Å². The smallest absolute Gasteiger partial charge is 0.270 e. The number of nitriles is 3. The molecule has 0 spiro atoms. The van der Waals surface area contributed by atoms with Crippen molar-refractivity contribution < 1.29 is 28.0 Å². The van der Waals surface area contributed by atoms with Gasteiger partial charge in [-0.1, -0.05) is 156 Å². The molecular formula is C84H76Cl2F2IN17O4S2. The predicted molar refractivity (Wildman–Crippen MR) is 446 cm³/mol. The third-order valence-electron chi connectivity index (χ3n) is 20.3. The van der Waals surface area contributed by atoms with Gasteiger partial charge in [0, 0.05) is 72.2 Å². The number of hydrogen-bond acceptors (Lipinski definition) is 18. The Hall–Kier alpha value is -11.7. The van der Waals surface area contributed by atoms with Crippen LogP contribution in [0.2, 0.25) is 10.0 Å². The molecule has 568 valence electrons. The lowest BCUT2D eigenvalue weighted by Gasteiger charge is -2.41. The molecule has 10 aromatic rings. The molecule has 1 unspecified atom stereocenters. The van der Waals surface area contributed by atoms with E-state index < -0.39 is 49.8 Å². The van der Waals surface area contributed by atoms with E-state index in [0.717, 1.165) is 72.4 Å². The first kappa shape index (κ1) is 81.3. The van der Waals surface area contributed by atoms with Crippen molar-refractivity contribution in [3.05, 3.63) is 287 Å². The molecule has 21 nitrogen and oxygen atoms in total. The van der Waals surface area contributed by atoms with Gasteiger partial charge >= 0.3 is 0 Å². The summed E-state index contributed by atoms with van der Waals surface area (Å²) in [4.78, 5) is 78.0. The quantitative estimate of drug-likeness (QED) is 0.0655. The molecule has 0 aliphatic carbocycles. The van der Waals surface area contributed by atoms with E-state index in [4.69, 9.17) is 61.4 Å². The topological polar surface area (TPSA) is 324 Å². The molecule has 8 N–H and O–H groups in total. The molecule has 8 atom stereocenters. The highest BCUT2D eigenvalue weighted by molar-refractivity contribution is 14.1. The maximum absolute atomic E-state index is 13.6. The largest absolute Gasteiger partial charge is 0.369 e. The van der Waals surface area contributed by atoms with Gasteiger partial charge in [-0.3, -0.25) is 38.8 Å². The summed E-state index contributed by atoms with van der Waals surface area (Å²) >= 11 is 17.6. The van der Waals surface area contributed by atoms with E-state index in [2.05, 4.69) is 62.5 Å². The zero-order chi connectivity index (χ0) is 81.1. The average Bonchev–Trinajstić information content (AvgIpc) is 1.69. The van der Waals surface area contributed by atoms with Crippen LogP contribution < -0.4 is 22.9 Å². The molecule has 14 rings (SSSR count). The zero-order valence-corrected chi connectivity index (χ0v) is 67.5. The number of benzene rings is 7. The van der Waals surface area contributed by atoms with Gasteiger partial charge in [-0.2, -0.15) is 20.9 Å². The van der Waals surface area contributed by atoms with Crippen molar-refractivity contribution in [2.45, 2.75) is 84.4 Å². The number of likely N-dealkylation sites (N-methyl/N-ethyl adjacent to an activating group) is 3. The van der Waals surface area contributed by atoms with E-state index in [1.165, 1.54) is 54.4 Å². The van der Waals surface area contributed by atoms with Crippen LogP contribution in [0.5, 0.6) is 0 Å². The molecule has 4 aliphatic rings. The van der Waals surface area contributed by atoms with Gasteiger partial charge in [-0.05, 0) is 173 Å². The number of carbonyl (C=O) groups excluding carboxylic acids is 4. The van der Waals surface area contributed by atoms with E-state index in [9.17, 15) is 38.5 Å². The maximum atomic E-state index is 13.6. The molecule has 3 aromatic heterocycles. The number of nitrogens with zero attached hydrogens (tertiary/aromatic N) is 13. The number of nitrogens with two attached hydrogens (primary N) is 4. The van der Waals surface area contributed by atoms with Crippen LogP contribution in [0.25, 0.3) is 34.0 Å². The monoisotopic (exact) mass is 1690 g/mol. The molecular weight excluding hydrogens is 1610 g/mol. The van der Waals surface area contributed by atoms with Gasteiger partial charge in [0.15, 0.2) is 23.8 Å². The highest BCUT2D eigenvalue weighted by Crippen LogP contribution is 2.51. The highest BCUT2D eigenvalue weighted by Gasteiger charge is 2.52. The fourth-order valence-corrected chi connectivity index (χ4v) is 17.1. The first-order valence-electron chi connectivity index (χ1n) is 34.7. The van der Waals surface area contributed by atoms with Crippen LogP contribution in [-0.4, -0.2) is 109 Å². The Morgan fingerprint density at radius 3 is 1.36 bits per heavy atom. The lowest BCUT2D eigenvalue weighted by atomic mass is 9.74. The number of rotatable bonds is 12. The van der Waals surface area contributed by atoms with Gasteiger partial charge < -0.3 is 22.9 Å². The standard InChI is InChI=1S/2C23H19ClN4OS.C22H23F2N3O.C16H15IN6O/c2*1-23(19-11-17(13-30-19)15-6-3-5-14(9-15)12-25)20(16-7-4-8-18(24)10-16)21(29)28(2)22(26)27-23;1-5-14-7-6-8-17(13-14)21(2)18(19(28)27(4)20(25)26-21)15-9-11-16(12-10-15)22(3,23)24;1-16(13(17)14(24)22(2)15(19)21-16)11-8-20-23(9-11)12-5-3-4-10(6-12)7-18/h2*3-11,13,20H,1-2H3,(H2,26,27);5-13,18H,1H2,2-4H3,(H2,25,26);3-6,8-9,13H,1-2H3,(H2,19,21)/t20-,23+;20-,23-;18-,21+;13?,16-/m0101/s1. The van der Waals surface area contributed by atoms with Gasteiger partial charge in [0.1, 0.15) is 26.1 Å². The number of hydrogen-bond donors (Lipinski definition) is 4. The number of halogens is 5. The molecule has 7 heterocycles. The van der Waals surface area contributed by atoms with Crippen molar-refractivity contribution in [1.82, 2.24) is 29.4 Å².